The van der Waals surface area contributed by atoms with Crippen molar-refractivity contribution < 1.29 is 27.8 Å². The zero-order valence-corrected chi connectivity index (χ0v) is 17.9. The average Bonchev–Trinajstić information content (AvgIpc) is 3.12. The van der Waals surface area contributed by atoms with Crippen LogP contribution in [-0.2, 0) is 16.1 Å². The number of aryl methyl sites for hydroxylation is 1. The summed E-state index contributed by atoms with van der Waals surface area (Å²) < 4.78 is 38.0. The Morgan fingerprint density at radius 2 is 1.97 bits per heavy atom. The maximum Gasteiger partial charge on any atom is 0.490 e. The van der Waals surface area contributed by atoms with Gasteiger partial charge >= 0.3 is 12.1 Å². The van der Waals surface area contributed by atoms with Crippen molar-refractivity contribution in [2.24, 2.45) is 0 Å². The van der Waals surface area contributed by atoms with Crippen molar-refractivity contribution >= 4 is 11.8 Å². The van der Waals surface area contributed by atoms with Crippen LogP contribution in [-0.4, -0.2) is 58.5 Å². The van der Waals surface area contributed by atoms with Gasteiger partial charge in [0.15, 0.2) is 0 Å². The number of hydrogen-bond acceptors (Lipinski definition) is 5. The molecule has 32 heavy (non-hydrogen) atoms. The summed E-state index contributed by atoms with van der Waals surface area (Å²) in [5, 5.41) is 10.6. The molecule has 0 radical (unpaired) electrons. The summed E-state index contributed by atoms with van der Waals surface area (Å²) in [6, 6.07) is 15.2. The number of pyridine rings is 1. The van der Waals surface area contributed by atoms with E-state index in [1.54, 1.807) is 0 Å². The molecule has 1 spiro atoms. The molecule has 2 aromatic rings. The molecule has 2 aliphatic rings. The number of nitrogens with one attached hydrogen (secondary N) is 1. The van der Waals surface area contributed by atoms with E-state index in [1.807, 2.05) is 24.4 Å². The smallest absolute Gasteiger partial charge is 0.475 e. The molecule has 1 unspecified atom stereocenters. The van der Waals surface area contributed by atoms with E-state index in [9.17, 15) is 13.2 Å². The normalized spacial score (nSPS) is 20.4. The van der Waals surface area contributed by atoms with Gasteiger partial charge in [0, 0.05) is 25.8 Å². The summed E-state index contributed by atoms with van der Waals surface area (Å²) in [5.74, 6) is -1.81. The van der Waals surface area contributed by atoms with Gasteiger partial charge in [-0.2, -0.15) is 13.2 Å². The highest BCUT2D eigenvalue weighted by molar-refractivity contribution is 5.73. The van der Waals surface area contributed by atoms with Crippen LogP contribution in [0.2, 0.25) is 0 Å². The lowest BCUT2D eigenvalue weighted by Gasteiger charge is -2.38. The predicted octanol–water partition coefficient (Wildman–Crippen LogP) is 4.26. The number of likely N-dealkylation sites (tertiary alicyclic amines) is 1. The largest absolute Gasteiger partial charge is 0.490 e. The van der Waals surface area contributed by atoms with Gasteiger partial charge in [-0.05, 0) is 43.9 Å². The van der Waals surface area contributed by atoms with Gasteiger partial charge in [0.05, 0.1) is 18.2 Å². The Morgan fingerprint density at radius 1 is 1.25 bits per heavy atom. The first kappa shape index (κ1) is 24.0. The zero-order valence-electron chi connectivity index (χ0n) is 17.9. The molecule has 1 aromatic heterocycles. The molecule has 2 saturated heterocycles. The third-order valence-corrected chi connectivity index (χ3v) is 5.72. The van der Waals surface area contributed by atoms with E-state index in [4.69, 9.17) is 14.6 Å². The average molecular weight is 451 g/mol. The Balaban J connectivity index is 0.000000360. The van der Waals surface area contributed by atoms with Crippen molar-refractivity contribution in [3.63, 3.8) is 0 Å². The Hall–Kier alpha value is -2.65. The molecule has 9 heteroatoms. The van der Waals surface area contributed by atoms with Crippen LogP contribution in [0, 0.1) is 6.92 Å². The molecule has 1 atom stereocenters. The number of piperidine rings is 1. The number of carboxylic acids is 1. The monoisotopic (exact) mass is 451 g/mol. The van der Waals surface area contributed by atoms with Crippen molar-refractivity contribution in [3.05, 3.63) is 59.8 Å². The second-order valence-corrected chi connectivity index (χ2v) is 8.32. The van der Waals surface area contributed by atoms with Gasteiger partial charge in [0.1, 0.15) is 5.82 Å². The minimum Gasteiger partial charge on any atom is -0.475 e. The fourth-order valence-electron chi connectivity index (χ4n) is 4.13. The molecule has 3 heterocycles. The summed E-state index contributed by atoms with van der Waals surface area (Å²) in [4.78, 5) is 15.8. The van der Waals surface area contributed by atoms with Crippen molar-refractivity contribution in [3.8, 4) is 0 Å². The predicted molar refractivity (Wildman–Crippen MR) is 114 cm³/mol. The van der Waals surface area contributed by atoms with E-state index >= 15 is 0 Å². The van der Waals surface area contributed by atoms with Crippen molar-refractivity contribution in [1.29, 1.82) is 0 Å². The number of alkyl halides is 3. The second-order valence-electron chi connectivity index (χ2n) is 8.32. The van der Waals surface area contributed by atoms with E-state index in [0.29, 0.717) is 6.04 Å². The number of halogens is 3. The highest BCUT2D eigenvalue weighted by atomic mass is 19.4. The highest BCUT2D eigenvalue weighted by Crippen LogP contribution is 2.37. The van der Waals surface area contributed by atoms with E-state index in [1.165, 1.54) is 11.1 Å². The van der Waals surface area contributed by atoms with E-state index in [-0.39, 0.29) is 5.60 Å². The van der Waals surface area contributed by atoms with Gasteiger partial charge < -0.3 is 15.2 Å². The van der Waals surface area contributed by atoms with Gasteiger partial charge in [-0.3, -0.25) is 4.90 Å². The second kappa shape index (κ2) is 10.3. The first-order chi connectivity index (χ1) is 15.2. The summed E-state index contributed by atoms with van der Waals surface area (Å²) in [7, 11) is 0. The van der Waals surface area contributed by atoms with E-state index < -0.39 is 12.1 Å². The van der Waals surface area contributed by atoms with Gasteiger partial charge in [0.2, 0.25) is 0 Å². The molecular formula is C23H28F3N3O3. The molecule has 6 nitrogen and oxygen atoms in total. The fourth-order valence-corrected chi connectivity index (χ4v) is 4.13. The maximum atomic E-state index is 10.6. The Bertz CT molecular complexity index is 885. The van der Waals surface area contributed by atoms with Crippen LogP contribution >= 0.6 is 0 Å². The number of carboxylic acid groups (broad SMARTS) is 1. The first-order valence-corrected chi connectivity index (χ1v) is 10.5. The van der Waals surface area contributed by atoms with Crippen molar-refractivity contribution in [2.75, 3.05) is 25.0 Å². The number of nitrogens with zero attached hydrogens (tertiary/aromatic N) is 2. The topological polar surface area (TPSA) is 74.7 Å². The molecule has 2 aliphatic heterocycles. The van der Waals surface area contributed by atoms with Crippen LogP contribution in [0.5, 0.6) is 0 Å². The quantitative estimate of drug-likeness (QED) is 0.724. The van der Waals surface area contributed by atoms with Crippen molar-refractivity contribution in [1.82, 2.24) is 9.88 Å². The minimum absolute atomic E-state index is 0.0650. The number of ether oxygens (including phenoxy) is 1. The Labute approximate surface area is 185 Å². The zero-order chi connectivity index (χ0) is 23.2. The van der Waals surface area contributed by atoms with Gasteiger partial charge in [0.25, 0.3) is 0 Å². The lowest BCUT2D eigenvalue weighted by Crippen LogP contribution is -2.44. The van der Waals surface area contributed by atoms with Gasteiger partial charge in [-0.25, -0.2) is 9.78 Å². The lowest BCUT2D eigenvalue weighted by atomic mass is 9.87. The Kier molecular flexibility index (Phi) is 7.73. The van der Waals surface area contributed by atoms with E-state index in [2.05, 4.69) is 46.4 Å². The third-order valence-electron chi connectivity index (χ3n) is 5.72. The summed E-state index contributed by atoms with van der Waals surface area (Å²) >= 11 is 0. The third kappa shape index (κ3) is 6.93. The number of aromatic nitrogens is 1. The summed E-state index contributed by atoms with van der Waals surface area (Å²) in [5.41, 5.74) is 2.82. The van der Waals surface area contributed by atoms with Crippen molar-refractivity contribution in [2.45, 2.75) is 50.6 Å². The highest BCUT2D eigenvalue weighted by Gasteiger charge is 2.42. The van der Waals surface area contributed by atoms with E-state index in [0.717, 1.165) is 51.3 Å². The van der Waals surface area contributed by atoms with Crippen LogP contribution in [0.4, 0.5) is 19.0 Å². The SMILES string of the molecule is Cc1cccc(CN2CCC3(CC2)CC(Nc2ccccn2)CO3)c1.O=C(O)C(F)(F)F. The number of anilines is 1. The minimum atomic E-state index is -5.08. The molecule has 2 N–H and O–H groups in total. The fraction of sp³-hybridized carbons (Fsp3) is 0.478. The molecular weight excluding hydrogens is 423 g/mol. The number of aliphatic carboxylic acids is 1. The molecule has 0 amide bonds. The first-order valence-electron chi connectivity index (χ1n) is 10.5. The number of benzene rings is 1. The maximum absolute atomic E-state index is 10.6. The summed E-state index contributed by atoms with van der Waals surface area (Å²) in [6.07, 6.45) is 0.0813. The molecule has 0 bridgehead atoms. The van der Waals surface area contributed by atoms with Gasteiger partial charge in [-0.15, -0.1) is 0 Å². The molecule has 2 fully saturated rings. The van der Waals surface area contributed by atoms with Crippen LogP contribution < -0.4 is 5.32 Å². The number of hydrogen-bond donors (Lipinski definition) is 2. The summed E-state index contributed by atoms with van der Waals surface area (Å²) in [6.45, 7) is 6.23. The van der Waals surface area contributed by atoms with Crippen LogP contribution in [0.15, 0.2) is 48.7 Å². The molecule has 0 saturated carbocycles. The Morgan fingerprint density at radius 3 is 2.56 bits per heavy atom. The van der Waals surface area contributed by atoms with Crippen LogP contribution in [0.25, 0.3) is 0 Å². The van der Waals surface area contributed by atoms with Gasteiger partial charge in [-0.1, -0.05) is 35.9 Å². The standard InChI is InChI=1S/C21H27N3O.C2HF3O2/c1-17-5-4-6-18(13-17)15-24-11-8-21(9-12-24)14-19(16-25-21)23-20-7-2-3-10-22-20;3-2(4,5)1(6)7/h2-7,10,13,19H,8-9,11-12,14-16H2,1H3,(H,22,23);(H,6,7). The molecule has 4 rings (SSSR count). The molecule has 0 aliphatic carbocycles. The molecule has 1 aromatic carbocycles. The van der Waals surface area contributed by atoms with Crippen LogP contribution in [0.1, 0.15) is 30.4 Å². The van der Waals surface area contributed by atoms with Crippen LogP contribution in [0.3, 0.4) is 0 Å². The lowest BCUT2D eigenvalue weighted by molar-refractivity contribution is -0.192. The number of carbonyl (C=O) groups is 1. The number of rotatable bonds is 4. The molecule has 174 valence electrons.